The number of hydrogen-bond donors (Lipinski definition) is 1. The van der Waals surface area contributed by atoms with Gasteiger partial charge in [0.05, 0.1) is 0 Å². The van der Waals surface area contributed by atoms with Crippen LogP contribution in [0.1, 0.15) is 43.8 Å². The van der Waals surface area contributed by atoms with Crippen molar-refractivity contribution in [2.45, 2.75) is 49.8 Å². The second-order valence-electron chi connectivity index (χ2n) is 7.82. The molecule has 164 valence electrons. The third-order valence-electron chi connectivity index (χ3n) is 4.06. The van der Waals surface area contributed by atoms with Crippen LogP contribution in [-0.4, -0.2) is 21.9 Å². The summed E-state index contributed by atoms with van der Waals surface area (Å²) in [4.78, 5) is 12.4. The molecule has 3 aromatic rings. The van der Waals surface area contributed by atoms with E-state index < -0.39 is 17.7 Å². The van der Waals surface area contributed by atoms with Crippen molar-refractivity contribution in [1.82, 2.24) is 15.5 Å². The Hall–Kier alpha value is -2.22. The van der Waals surface area contributed by atoms with E-state index in [0.29, 0.717) is 33.3 Å². The summed E-state index contributed by atoms with van der Waals surface area (Å²) in [6.45, 7) is 5.42. The van der Waals surface area contributed by atoms with E-state index in [1.807, 2.05) is 57.2 Å². The highest BCUT2D eigenvalue weighted by Gasteiger charge is 2.25. The molecule has 1 heterocycles. The summed E-state index contributed by atoms with van der Waals surface area (Å²) in [7, 11) is 0. The number of carbonyl (C=O) groups excluding carboxylic acids is 1. The Kier molecular flexibility index (Phi) is 7.86. The maximum absolute atomic E-state index is 12.4. The Morgan fingerprint density at radius 3 is 2.58 bits per heavy atom. The first-order valence-electron chi connectivity index (χ1n) is 9.63. The van der Waals surface area contributed by atoms with Gasteiger partial charge in [-0.2, -0.15) is 0 Å². The molecule has 1 aromatic heterocycles. The Morgan fingerprint density at radius 1 is 1.16 bits per heavy atom. The van der Waals surface area contributed by atoms with Crippen LogP contribution in [0.2, 0.25) is 10.0 Å². The van der Waals surface area contributed by atoms with Gasteiger partial charge in [0.2, 0.25) is 5.89 Å². The average molecular weight is 480 g/mol. The molecule has 0 saturated heterocycles. The number of amides is 1. The van der Waals surface area contributed by atoms with Crippen LogP contribution in [-0.2, 0) is 16.9 Å². The molecule has 6 nitrogen and oxygen atoms in total. The van der Waals surface area contributed by atoms with Crippen LogP contribution in [0.4, 0.5) is 4.79 Å². The van der Waals surface area contributed by atoms with Crippen molar-refractivity contribution in [2.24, 2.45) is 0 Å². The van der Waals surface area contributed by atoms with Crippen molar-refractivity contribution in [3.8, 4) is 0 Å². The lowest BCUT2D eigenvalue weighted by molar-refractivity contribution is 0.0494. The average Bonchev–Trinajstić information content (AvgIpc) is 3.15. The molecule has 1 unspecified atom stereocenters. The lowest BCUT2D eigenvalue weighted by atomic mass is 10.1. The normalized spacial score (nSPS) is 12.4. The number of nitrogens with one attached hydrogen (secondary N) is 1. The SMILES string of the molecule is CC(C)(C)OC(=O)NC(Cc1ccccc1)c1nnc(SCc2ccc(Cl)cc2Cl)o1. The van der Waals surface area contributed by atoms with E-state index in [0.717, 1.165) is 11.1 Å². The van der Waals surface area contributed by atoms with E-state index >= 15 is 0 Å². The van der Waals surface area contributed by atoms with Gasteiger partial charge in [-0.25, -0.2) is 4.79 Å². The molecule has 1 N–H and O–H groups in total. The quantitative estimate of drug-likeness (QED) is 0.390. The summed E-state index contributed by atoms with van der Waals surface area (Å²) in [5, 5.41) is 12.6. The number of carbonyl (C=O) groups is 1. The smallest absolute Gasteiger partial charge is 0.408 e. The van der Waals surface area contributed by atoms with Gasteiger partial charge in [0.25, 0.3) is 5.22 Å². The standard InChI is InChI=1S/C22H23Cl2N3O3S/c1-22(2,3)30-20(28)25-18(11-14-7-5-4-6-8-14)19-26-27-21(29-19)31-13-15-9-10-16(23)12-17(15)24/h4-10,12,18H,11,13H2,1-3H3,(H,25,28). The number of thioether (sulfide) groups is 1. The van der Waals surface area contributed by atoms with Crippen LogP contribution >= 0.6 is 35.0 Å². The van der Waals surface area contributed by atoms with Gasteiger partial charge < -0.3 is 14.5 Å². The zero-order valence-electron chi connectivity index (χ0n) is 17.4. The lowest BCUT2D eigenvalue weighted by Gasteiger charge is -2.22. The molecule has 3 rings (SSSR count). The van der Waals surface area contributed by atoms with Gasteiger partial charge in [-0.3, -0.25) is 0 Å². The first-order valence-corrected chi connectivity index (χ1v) is 11.4. The van der Waals surface area contributed by atoms with Crippen molar-refractivity contribution in [1.29, 1.82) is 0 Å². The summed E-state index contributed by atoms with van der Waals surface area (Å²) < 4.78 is 11.2. The molecule has 0 bridgehead atoms. The topological polar surface area (TPSA) is 77.2 Å². The summed E-state index contributed by atoms with van der Waals surface area (Å²) in [5.74, 6) is 0.847. The summed E-state index contributed by atoms with van der Waals surface area (Å²) in [6.07, 6.45) is -0.0659. The van der Waals surface area contributed by atoms with Gasteiger partial charge in [-0.1, -0.05) is 71.4 Å². The van der Waals surface area contributed by atoms with Crippen LogP contribution < -0.4 is 5.32 Å². The number of alkyl carbamates (subject to hydrolysis) is 1. The van der Waals surface area contributed by atoms with Crippen LogP contribution in [0, 0.1) is 0 Å². The molecule has 0 aliphatic carbocycles. The van der Waals surface area contributed by atoms with E-state index in [9.17, 15) is 4.79 Å². The van der Waals surface area contributed by atoms with Crippen LogP contribution in [0.15, 0.2) is 58.2 Å². The van der Waals surface area contributed by atoms with E-state index in [4.69, 9.17) is 32.4 Å². The second kappa shape index (κ2) is 10.4. The number of halogens is 2. The number of ether oxygens (including phenoxy) is 1. The highest BCUT2D eigenvalue weighted by atomic mass is 35.5. The molecular weight excluding hydrogens is 457 g/mol. The number of benzene rings is 2. The van der Waals surface area contributed by atoms with Gasteiger partial charge in [0.1, 0.15) is 11.6 Å². The van der Waals surface area contributed by atoms with Crippen molar-refractivity contribution in [3.05, 3.63) is 75.6 Å². The number of hydrogen-bond acceptors (Lipinski definition) is 6. The van der Waals surface area contributed by atoms with Gasteiger partial charge >= 0.3 is 6.09 Å². The summed E-state index contributed by atoms with van der Waals surface area (Å²) in [5.41, 5.74) is 1.31. The predicted molar refractivity (Wildman–Crippen MR) is 123 cm³/mol. The molecule has 2 aromatic carbocycles. The zero-order valence-corrected chi connectivity index (χ0v) is 19.7. The van der Waals surface area contributed by atoms with Gasteiger partial charge in [0.15, 0.2) is 0 Å². The van der Waals surface area contributed by atoms with Gasteiger partial charge in [-0.15, -0.1) is 10.2 Å². The molecule has 0 aliphatic rings. The number of aromatic nitrogens is 2. The van der Waals surface area contributed by atoms with Crippen molar-refractivity contribution < 1.29 is 13.9 Å². The van der Waals surface area contributed by atoms with Gasteiger partial charge in [0, 0.05) is 22.2 Å². The maximum atomic E-state index is 12.4. The van der Waals surface area contributed by atoms with Gasteiger partial charge in [-0.05, 0) is 44.0 Å². The minimum atomic E-state index is -0.616. The summed E-state index contributed by atoms with van der Waals surface area (Å²) in [6, 6.07) is 14.5. The largest absolute Gasteiger partial charge is 0.444 e. The van der Waals surface area contributed by atoms with Crippen molar-refractivity contribution in [2.75, 3.05) is 0 Å². The van der Waals surface area contributed by atoms with E-state index in [-0.39, 0.29) is 0 Å². The zero-order chi connectivity index (χ0) is 22.4. The second-order valence-corrected chi connectivity index (χ2v) is 9.59. The van der Waals surface area contributed by atoms with Crippen LogP contribution in [0.25, 0.3) is 0 Å². The first-order chi connectivity index (χ1) is 14.7. The minimum Gasteiger partial charge on any atom is -0.444 e. The van der Waals surface area contributed by atoms with Crippen LogP contribution in [0.3, 0.4) is 0 Å². The van der Waals surface area contributed by atoms with E-state index in [1.54, 1.807) is 12.1 Å². The summed E-state index contributed by atoms with van der Waals surface area (Å²) >= 11 is 13.5. The molecule has 9 heteroatoms. The van der Waals surface area contributed by atoms with Crippen molar-refractivity contribution in [3.63, 3.8) is 0 Å². The molecule has 0 saturated carbocycles. The monoisotopic (exact) mass is 479 g/mol. The Balaban J connectivity index is 1.72. The lowest BCUT2D eigenvalue weighted by Crippen LogP contribution is -2.36. The minimum absolute atomic E-state index is 0.305. The fourth-order valence-electron chi connectivity index (χ4n) is 2.70. The molecule has 0 spiro atoms. The Morgan fingerprint density at radius 2 is 1.90 bits per heavy atom. The predicted octanol–water partition coefficient (Wildman–Crippen LogP) is 6.48. The maximum Gasteiger partial charge on any atom is 0.408 e. The molecule has 1 atom stereocenters. The molecule has 0 radical (unpaired) electrons. The Bertz CT molecular complexity index is 1020. The third-order valence-corrected chi connectivity index (χ3v) is 5.51. The molecule has 31 heavy (non-hydrogen) atoms. The fourth-order valence-corrected chi connectivity index (χ4v) is 4.03. The molecule has 0 aliphatic heterocycles. The van der Waals surface area contributed by atoms with E-state index in [2.05, 4.69) is 15.5 Å². The fraction of sp³-hybridized carbons (Fsp3) is 0.318. The Labute approximate surface area is 195 Å². The third kappa shape index (κ3) is 7.45. The highest BCUT2D eigenvalue weighted by Crippen LogP contribution is 2.29. The first kappa shape index (κ1) is 23.4. The molecule has 0 fully saturated rings. The highest BCUT2D eigenvalue weighted by molar-refractivity contribution is 7.98. The van der Waals surface area contributed by atoms with Crippen LogP contribution in [0.5, 0.6) is 0 Å². The van der Waals surface area contributed by atoms with E-state index in [1.165, 1.54) is 11.8 Å². The number of rotatable bonds is 7. The molecule has 1 amide bonds. The molecular formula is C22H23Cl2N3O3S. The number of nitrogens with zero attached hydrogens (tertiary/aromatic N) is 2. The van der Waals surface area contributed by atoms with Crippen molar-refractivity contribution >= 4 is 41.1 Å².